The Morgan fingerprint density at radius 1 is 1.21 bits per heavy atom. The average molecular weight is 260 g/mol. The third-order valence-electron chi connectivity index (χ3n) is 4.13. The predicted molar refractivity (Wildman–Crippen MR) is 78.1 cm³/mol. The first-order chi connectivity index (χ1) is 9.13. The number of carbonyl (C=O) groups excluding carboxylic acids is 1. The lowest BCUT2D eigenvalue weighted by atomic mass is 9.89. The number of hydrogen-bond acceptors (Lipinski definition) is 2. The lowest BCUT2D eigenvalue weighted by Crippen LogP contribution is -2.29. The fourth-order valence-electron chi connectivity index (χ4n) is 2.83. The summed E-state index contributed by atoms with van der Waals surface area (Å²) in [6, 6.07) is 7.81. The Morgan fingerprint density at radius 2 is 1.84 bits per heavy atom. The molecule has 1 aliphatic rings. The molecule has 0 saturated heterocycles. The molecule has 0 radical (unpaired) electrons. The predicted octanol–water partition coefficient (Wildman–Crippen LogP) is 2.72. The van der Waals surface area contributed by atoms with Gasteiger partial charge in [-0.2, -0.15) is 0 Å². The summed E-state index contributed by atoms with van der Waals surface area (Å²) in [5, 5.41) is 6.18. The molecule has 2 N–H and O–H groups in total. The first-order valence-electron chi connectivity index (χ1n) is 7.15. The summed E-state index contributed by atoms with van der Waals surface area (Å²) < 4.78 is 0. The third kappa shape index (κ3) is 3.80. The third-order valence-corrected chi connectivity index (χ3v) is 4.13. The zero-order valence-corrected chi connectivity index (χ0v) is 12.0. The van der Waals surface area contributed by atoms with E-state index in [2.05, 4.69) is 17.6 Å². The van der Waals surface area contributed by atoms with Crippen LogP contribution in [0.5, 0.6) is 0 Å². The van der Waals surface area contributed by atoms with E-state index < -0.39 is 0 Å². The van der Waals surface area contributed by atoms with Gasteiger partial charge >= 0.3 is 0 Å². The molecule has 1 aliphatic carbocycles. The maximum Gasteiger partial charge on any atom is 0.251 e. The summed E-state index contributed by atoms with van der Waals surface area (Å²) in [6.45, 7) is 4.34. The van der Waals surface area contributed by atoms with E-state index in [0.717, 1.165) is 13.1 Å². The van der Waals surface area contributed by atoms with Gasteiger partial charge in [0.25, 0.3) is 5.91 Å². The Hall–Kier alpha value is -1.35. The number of benzene rings is 1. The van der Waals surface area contributed by atoms with Crippen molar-refractivity contribution in [2.24, 2.45) is 5.41 Å². The minimum atomic E-state index is -0.0297. The average Bonchev–Trinajstić information content (AvgIpc) is 2.86. The maximum absolute atomic E-state index is 11.4. The van der Waals surface area contributed by atoms with Gasteiger partial charge in [-0.1, -0.05) is 31.9 Å². The molecule has 1 saturated carbocycles. The number of rotatable bonds is 5. The molecular weight excluding hydrogens is 236 g/mol. The fraction of sp³-hybridized carbons (Fsp3) is 0.562. The SMILES string of the molecule is CNC(=O)c1ccc(CNCC2(C)CCCC2)cc1. The van der Waals surface area contributed by atoms with E-state index in [1.54, 1.807) is 7.05 Å². The normalized spacial score (nSPS) is 17.4. The second-order valence-electron chi connectivity index (χ2n) is 5.90. The minimum Gasteiger partial charge on any atom is -0.355 e. The van der Waals surface area contributed by atoms with Crippen LogP contribution in [0.15, 0.2) is 24.3 Å². The van der Waals surface area contributed by atoms with Crippen LogP contribution >= 0.6 is 0 Å². The molecule has 0 atom stereocenters. The smallest absolute Gasteiger partial charge is 0.251 e. The van der Waals surface area contributed by atoms with Gasteiger partial charge in [-0.3, -0.25) is 4.79 Å². The summed E-state index contributed by atoms with van der Waals surface area (Å²) in [5.74, 6) is -0.0297. The Balaban J connectivity index is 1.81. The van der Waals surface area contributed by atoms with Crippen molar-refractivity contribution >= 4 is 5.91 Å². The molecule has 3 nitrogen and oxygen atoms in total. The van der Waals surface area contributed by atoms with Crippen molar-refractivity contribution in [3.05, 3.63) is 35.4 Å². The molecule has 0 bridgehead atoms. The Bertz CT molecular complexity index is 419. The molecule has 104 valence electrons. The van der Waals surface area contributed by atoms with Crippen molar-refractivity contribution in [2.75, 3.05) is 13.6 Å². The van der Waals surface area contributed by atoms with Gasteiger partial charge in [0.2, 0.25) is 0 Å². The van der Waals surface area contributed by atoms with Crippen molar-refractivity contribution < 1.29 is 4.79 Å². The molecule has 0 heterocycles. The van der Waals surface area contributed by atoms with Crippen molar-refractivity contribution in [1.82, 2.24) is 10.6 Å². The molecule has 0 spiro atoms. The maximum atomic E-state index is 11.4. The Morgan fingerprint density at radius 3 is 2.42 bits per heavy atom. The lowest BCUT2D eigenvalue weighted by molar-refractivity contribution is 0.0963. The molecule has 1 fully saturated rings. The zero-order chi connectivity index (χ0) is 13.7. The highest BCUT2D eigenvalue weighted by molar-refractivity contribution is 5.93. The van der Waals surface area contributed by atoms with Crippen LogP contribution < -0.4 is 10.6 Å². The van der Waals surface area contributed by atoms with E-state index in [1.807, 2.05) is 24.3 Å². The summed E-state index contributed by atoms with van der Waals surface area (Å²) in [6.07, 6.45) is 5.43. The number of hydrogen-bond donors (Lipinski definition) is 2. The highest BCUT2D eigenvalue weighted by Crippen LogP contribution is 2.36. The van der Waals surface area contributed by atoms with E-state index in [-0.39, 0.29) is 5.91 Å². The molecule has 1 amide bonds. The van der Waals surface area contributed by atoms with Crippen LogP contribution in [-0.2, 0) is 6.54 Å². The first-order valence-corrected chi connectivity index (χ1v) is 7.15. The lowest BCUT2D eigenvalue weighted by Gasteiger charge is -2.23. The molecule has 0 aromatic heterocycles. The van der Waals surface area contributed by atoms with Crippen LogP contribution in [-0.4, -0.2) is 19.5 Å². The van der Waals surface area contributed by atoms with Gasteiger partial charge < -0.3 is 10.6 Å². The fourth-order valence-corrected chi connectivity index (χ4v) is 2.83. The standard InChI is InChI=1S/C16H24N2O/c1-16(9-3-4-10-16)12-18-11-13-5-7-14(8-6-13)15(19)17-2/h5-8,18H,3-4,9-12H2,1-2H3,(H,17,19). The van der Waals surface area contributed by atoms with Crippen molar-refractivity contribution in [2.45, 2.75) is 39.2 Å². The van der Waals surface area contributed by atoms with Gasteiger partial charge in [0.05, 0.1) is 0 Å². The van der Waals surface area contributed by atoms with Crippen LogP contribution in [0.4, 0.5) is 0 Å². The molecule has 1 aromatic carbocycles. The molecule has 1 aromatic rings. The van der Waals surface area contributed by atoms with Gasteiger partial charge in [-0.05, 0) is 36.0 Å². The zero-order valence-electron chi connectivity index (χ0n) is 12.0. The largest absolute Gasteiger partial charge is 0.355 e. The van der Waals surface area contributed by atoms with Crippen molar-refractivity contribution in [3.8, 4) is 0 Å². The van der Waals surface area contributed by atoms with Gasteiger partial charge in [0, 0.05) is 25.7 Å². The van der Waals surface area contributed by atoms with E-state index in [9.17, 15) is 4.79 Å². The quantitative estimate of drug-likeness (QED) is 0.854. The number of nitrogens with one attached hydrogen (secondary N) is 2. The van der Waals surface area contributed by atoms with E-state index in [4.69, 9.17) is 0 Å². The van der Waals surface area contributed by atoms with Gasteiger partial charge in [-0.25, -0.2) is 0 Å². The molecular formula is C16H24N2O. The topological polar surface area (TPSA) is 41.1 Å². The Labute approximate surface area is 115 Å². The van der Waals surface area contributed by atoms with Crippen molar-refractivity contribution in [1.29, 1.82) is 0 Å². The Kier molecular flexibility index (Phi) is 4.59. The highest BCUT2D eigenvalue weighted by Gasteiger charge is 2.27. The second-order valence-corrected chi connectivity index (χ2v) is 5.90. The summed E-state index contributed by atoms with van der Waals surface area (Å²) in [7, 11) is 1.65. The van der Waals surface area contributed by atoms with E-state index >= 15 is 0 Å². The van der Waals surface area contributed by atoms with Crippen LogP contribution in [0.2, 0.25) is 0 Å². The molecule has 0 unspecified atom stereocenters. The second kappa shape index (κ2) is 6.20. The molecule has 0 aliphatic heterocycles. The van der Waals surface area contributed by atoms with Crippen LogP contribution in [0.1, 0.15) is 48.5 Å². The summed E-state index contributed by atoms with van der Waals surface area (Å²) in [4.78, 5) is 11.4. The molecule has 2 rings (SSSR count). The highest BCUT2D eigenvalue weighted by atomic mass is 16.1. The molecule has 19 heavy (non-hydrogen) atoms. The number of carbonyl (C=O) groups is 1. The summed E-state index contributed by atoms with van der Waals surface area (Å²) >= 11 is 0. The minimum absolute atomic E-state index is 0.0297. The van der Waals surface area contributed by atoms with Gasteiger partial charge in [-0.15, -0.1) is 0 Å². The summed E-state index contributed by atoms with van der Waals surface area (Å²) in [5.41, 5.74) is 2.44. The van der Waals surface area contributed by atoms with Gasteiger partial charge in [0.15, 0.2) is 0 Å². The van der Waals surface area contributed by atoms with Crippen molar-refractivity contribution in [3.63, 3.8) is 0 Å². The monoisotopic (exact) mass is 260 g/mol. The van der Waals surface area contributed by atoms with Crippen LogP contribution in [0.25, 0.3) is 0 Å². The first kappa shape index (κ1) is 14.1. The number of amides is 1. The molecule has 3 heteroatoms. The van der Waals surface area contributed by atoms with Crippen LogP contribution in [0.3, 0.4) is 0 Å². The van der Waals surface area contributed by atoms with E-state index in [0.29, 0.717) is 11.0 Å². The van der Waals surface area contributed by atoms with Gasteiger partial charge in [0.1, 0.15) is 0 Å². The van der Waals surface area contributed by atoms with Crippen LogP contribution in [0, 0.1) is 5.41 Å². The van der Waals surface area contributed by atoms with E-state index in [1.165, 1.54) is 31.2 Å².